The predicted molar refractivity (Wildman–Crippen MR) is 185 cm³/mol. The molecule has 0 spiro atoms. The van der Waals surface area contributed by atoms with Gasteiger partial charge in [-0.1, -0.05) is 68.4 Å². The van der Waals surface area contributed by atoms with Crippen molar-refractivity contribution < 1.29 is 4.79 Å². The average Bonchev–Trinajstić information content (AvgIpc) is 3.51. The summed E-state index contributed by atoms with van der Waals surface area (Å²) in [5.41, 5.74) is 6.82. The summed E-state index contributed by atoms with van der Waals surface area (Å²) in [5, 5.41) is 15.4. The van der Waals surface area contributed by atoms with Crippen LogP contribution in [0, 0.1) is 0 Å². The van der Waals surface area contributed by atoms with Crippen molar-refractivity contribution in [2.24, 2.45) is 0 Å². The van der Waals surface area contributed by atoms with Crippen LogP contribution in [0.1, 0.15) is 54.5 Å². The topological polar surface area (TPSA) is 75.1 Å². The van der Waals surface area contributed by atoms with Gasteiger partial charge in [-0.3, -0.25) is 0 Å². The molecule has 1 amide bonds. The molecule has 9 heteroatoms. The summed E-state index contributed by atoms with van der Waals surface area (Å²) in [6.07, 6.45) is 3.66. The summed E-state index contributed by atoms with van der Waals surface area (Å²) in [6.45, 7) is 12.5. The van der Waals surface area contributed by atoms with Crippen LogP contribution in [0.15, 0.2) is 103 Å². The molecule has 3 unspecified atom stereocenters. The number of hydrogen-bond donors (Lipinski definition) is 2. The molecule has 4 rings (SSSR count). The summed E-state index contributed by atoms with van der Waals surface area (Å²) in [6, 6.07) is 29.2. The van der Waals surface area contributed by atoms with Gasteiger partial charge >= 0.3 is 171 Å². The molecule has 0 saturated carbocycles. The Hall–Kier alpha value is -2.72. The molecule has 0 aliphatic rings. The monoisotopic (exact) mass is 805 g/mol. The maximum atomic E-state index is 12.9. The fraction of sp³-hybridized carbons (Fsp3) is 0.343. The molecule has 0 fully saturated rings. The third-order valence-corrected chi connectivity index (χ3v) is 9.46. The number of nitrogens with zero attached hydrogens (tertiary/aromatic N) is 4. The molecule has 3 aromatic carbocycles. The second-order valence-electron chi connectivity index (χ2n) is 10.6. The average molecular weight is 805 g/mol. The van der Waals surface area contributed by atoms with Crippen molar-refractivity contribution in [1.29, 1.82) is 0 Å². The molecular weight excluding hydrogens is 759 g/mol. The number of aryl methyl sites for hydroxylation is 2. The Labute approximate surface area is 281 Å². The predicted octanol–water partition coefficient (Wildman–Crippen LogP) is 5.44. The summed E-state index contributed by atoms with van der Waals surface area (Å²) < 4.78 is 2.74. The second kappa shape index (κ2) is 19.6. The van der Waals surface area contributed by atoms with Gasteiger partial charge in [-0.05, 0) is 16.7 Å². The van der Waals surface area contributed by atoms with E-state index in [-0.39, 0.29) is 17.7 Å². The molecule has 3 atom stereocenters. The third-order valence-electron chi connectivity index (χ3n) is 7.10. The van der Waals surface area contributed by atoms with Crippen LogP contribution in [0.4, 0.5) is 0 Å². The number of benzene rings is 3. The largest absolute Gasteiger partial charge is 0.0683 e. The van der Waals surface area contributed by atoms with Crippen LogP contribution in [0.3, 0.4) is 0 Å². The molecule has 3 radical (unpaired) electrons. The van der Waals surface area contributed by atoms with Crippen molar-refractivity contribution in [2.45, 2.75) is 65.1 Å². The van der Waals surface area contributed by atoms with Crippen LogP contribution in [0.25, 0.3) is 0 Å². The number of amides is 1. The number of carbonyl (C=O) groups excluding carboxylic acids is 1. The third kappa shape index (κ3) is 12.3. The zero-order valence-corrected chi connectivity index (χ0v) is 31.3. The van der Waals surface area contributed by atoms with E-state index in [1.165, 1.54) is 22.3 Å². The van der Waals surface area contributed by atoms with Gasteiger partial charge in [0.2, 0.25) is 0 Å². The van der Waals surface area contributed by atoms with Gasteiger partial charge < -0.3 is 5.32 Å². The Morgan fingerprint density at radius 2 is 1.59 bits per heavy atom. The van der Waals surface area contributed by atoms with Crippen molar-refractivity contribution >= 4 is 40.9 Å². The molecule has 4 aromatic rings. The Kier molecular flexibility index (Phi) is 15.9. The molecular formula is C35H46N6OPPb. The Bertz CT molecular complexity index is 1400. The molecule has 1 heterocycles. The molecule has 231 valence electrons. The van der Waals surface area contributed by atoms with Crippen LogP contribution in [-0.2, 0) is 37.3 Å². The molecule has 0 aliphatic carbocycles. The van der Waals surface area contributed by atoms with Crippen LogP contribution >= 0.6 is 9.24 Å². The second-order valence-corrected chi connectivity index (χ2v) is 12.5. The summed E-state index contributed by atoms with van der Waals surface area (Å²) >= 11 is 1.00. The van der Waals surface area contributed by atoms with E-state index in [4.69, 9.17) is 0 Å². The fourth-order valence-corrected chi connectivity index (χ4v) is 5.82. The normalized spacial score (nSPS) is 12.2. The molecule has 7 nitrogen and oxygen atoms in total. The van der Waals surface area contributed by atoms with Gasteiger partial charge in [0.1, 0.15) is 0 Å². The number of nitrogens with one attached hydrogen (secondary N) is 2. The van der Waals surface area contributed by atoms with Crippen molar-refractivity contribution in [1.82, 2.24) is 30.5 Å². The van der Waals surface area contributed by atoms with Crippen molar-refractivity contribution in [2.75, 3.05) is 10.6 Å². The first kappa shape index (κ1) is 35.8. The summed E-state index contributed by atoms with van der Waals surface area (Å²) in [7, 11) is 2.89. The minimum Gasteiger partial charge on any atom is -0.0683 e. The number of carbonyl (C=O) groups is 1. The minimum atomic E-state index is -0.206. The quantitative estimate of drug-likeness (QED) is 0.0898. The molecule has 0 aliphatic heterocycles. The first-order valence-electron chi connectivity index (χ1n) is 15.3. The van der Waals surface area contributed by atoms with E-state index < -0.39 is 0 Å². The number of aromatic nitrogens is 3. The van der Waals surface area contributed by atoms with E-state index >= 15 is 0 Å². The Morgan fingerprint density at radius 1 is 0.955 bits per heavy atom. The van der Waals surface area contributed by atoms with E-state index in [1.54, 1.807) is 0 Å². The maximum Gasteiger partial charge on any atom is -0.0683 e. The SMILES string of the molecule is C=C(C)C(Cn1cc(CCc2ccc(C(P)NCc3ccccc3)cc2)nn1)NC(=O)CN([CH2][Pb])Cc1ccccc1.CC. The van der Waals surface area contributed by atoms with Gasteiger partial charge in [0.05, 0.1) is 0 Å². The zero-order chi connectivity index (χ0) is 31.7. The smallest absolute Gasteiger partial charge is 0.0683 e. The van der Waals surface area contributed by atoms with Gasteiger partial charge in [0.15, 0.2) is 0 Å². The number of hydrogen-bond acceptors (Lipinski definition) is 5. The molecule has 1 aromatic heterocycles. The van der Waals surface area contributed by atoms with E-state index in [2.05, 4.69) is 102 Å². The van der Waals surface area contributed by atoms with E-state index in [9.17, 15) is 4.79 Å². The first-order chi connectivity index (χ1) is 21.4. The molecule has 0 saturated heterocycles. The Morgan fingerprint density at radius 3 is 2.20 bits per heavy atom. The van der Waals surface area contributed by atoms with E-state index in [0.717, 1.165) is 67.1 Å². The van der Waals surface area contributed by atoms with Gasteiger partial charge in [-0.15, -0.1) is 9.24 Å². The fourth-order valence-electron chi connectivity index (χ4n) is 4.61. The van der Waals surface area contributed by atoms with Crippen LogP contribution < -0.4 is 10.6 Å². The number of rotatable bonds is 16. The van der Waals surface area contributed by atoms with E-state index in [0.29, 0.717) is 13.1 Å². The van der Waals surface area contributed by atoms with Crippen LogP contribution in [0.2, 0.25) is 0 Å². The van der Waals surface area contributed by atoms with E-state index in [1.807, 2.05) is 55.9 Å². The first-order valence-corrected chi connectivity index (χ1v) is 18.7. The van der Waals surface area contributed by atoms with Crippen molar-refractivity contribution in [3.05, 3.63) is 131 Å². The molecule has 44 heavy (non-hydrogen) atoms. The van der Waals surface area contributed by atoms with Gasteiger partial charge in [-0.25, -0.2) is 0 Å². The molecule has 2 N–H and O–H groups in total. The van der Waals surface area contributed by atoms with Gasteiger partial charge in [0.25, 0.3) is 0 Å². The molecule has 0 bridgehead atoms. The summed E-state index contributed by atoms with van der Waals surface area (Å²) in [4.78, 5) is 15.1. The van der Waals surface area contributed by atoms with Crippen LogP contribution in [0.5, 0.6) is 0 Å². The minimum absolute atomic E-state index is 0.00144. The van der Waals surface area contributed by atoms with Crippen molar-refractivity contribution in [3.8, 4) is 0 Å². The van der Waals surface area contributed by atoms with Gasteiger partial charge in [-0.2, -0.15) is 0 Å². The zero-order valence-electron chi connectivity index (χ0n) is 26.2. The summed E-state index contributed by atoms with van der Waals surface area (Å²) in [5.74, 6) is 0.193. The maximum absolute atomic E-state index is 12.9. The Balaban J connectivity index is 0.00000259. The van der Waals surface area contributed by atoms with Gasteiger partial charge in [0, 0.05) is 12.3 Å². The standard InChI is InChI=1S/C33H40N6OP.C2H6.Pb/c1-25(2)31(35-32(40)24-38(3)21-28-12-8-5-9-13-28)23-39-22-30(36-37-39)19-16-26-14-17-29(18-15-26)33(41)34-20-27-10-6-4-7-11-27;1-2;/h4-15,17-18,22,31,33-34H,1,3,16,19-21,23-24,41H2,2H3,(H,35,40);1-2H3;. The van der Waals surface area contributed by atoms with Crippen molar-refractivity contribution in [3.63, 3.8) is 0 Å². The van der Waals surface area contributed by atoms with Crippen LogP contribution in [-0.4, -0.2) is 68.3 Å².